The summed E-state index contributed by atoms with van der Waals surface area (Å²) in [4.78, 5) is 0.281. The van der Waals surface area contributed by atoms with E-state index in [0.29, 0.717) is 5.82 Å². The van der Waals surface area contributed by atoms with E-state index in [1.807, 2.05) is 20.8 Å². The summed E-state index contributed by atoms with van der Waals surface area (Å²) >= 11 is 0. The molecule has 0 unspecified atom stereocenters. The molecule has 102 valence electrons. The SMILES string of the molecule is Cc1ccc(S(=O)(=O)Cn2nnnc2C(C)C)cc1. The molecule has 1 aromatic heterocycles. The Kier molecular flexibility index (Phi) is 3.66. The molecule has 0 aliphatic carbocycles. The van der Waals surface area contributed by atoms with Crippen molar-refractivity contribution in [2.75, 3.05) is 0 Å². The molecule has 0 saturated heterocycles. The highest BCUT2D eigenvalue weighted by molar-refractivity contribution is 7.90. The number of rotatable bonds is 4. The summed E-state index contributed by atoms with van der Waals surface area (Å²) in [6.45, 7) is 5.75. The first-order valence-electron chi connectivity index (χ1n) is 5.95. The molecule has 0 aliphatic heterocycles. The second-order valence-corrected chi connectivity index (χ2v) is 6.71. The van der Waals surface area contributed by atoms with Crippen molar-refractivity contribution in [2.45, 2.75) is 37.5 Å². The van der Waals surface area contributed by atoms with Gasteiger partial charge in [-0.15, -0.1) is 5.10 Å². The highest BCUT2D eigenvalue weighted by Crippen LogP contribution is 2.16. The van der Waals surface area contributed by atoms with E-state index in [0.717, 1.165) is 5.56 Å². The Hall–Kier alpha value is -1.76. The third kappa shape index (κ3) is 2.98. The first-order chi connectivity index (χ1) is 8.90. The Morgan fingerprint density at radius 2 is 1.84 bits per heavy atom. The van der Waals surface area contributed by atoms with Crippen LogP contribution in [0.4, 0.5) is 0 Å². The van der Waals surface area contributed by atoms with Crippen molar-refractivity contribution >= 4 is 9.84 Å². The van der Waals surface area contributed by atoms with Crippen LogP contribution in [0.5, 0.6) is 0 Å². The van der Waals surface area contributed by atoms with Gasteiger partial charge in [0.1, 0.15) is 0 Å². The van der Waals surface area contributed by atoms with Crippen molar-refractivity contribution in [3.8, 4) is 0 Å². The number of sulfone groups is 1. The van der Waals surface area contributed by atoms with Gasteiger partial charge in [0.15, 0.2) is 21.5 Å². The Morgan fingerprint density at radius 3 is 2.42 bits per heavy atom. The van der Waals surface area contributed by atoms with Gasteiger partial charge in [0.25, 0.3) is 0 Å². The van der Waals surface area contributed by atoms with Crippen LogP contribution in [0.3, 0.4) is 0 Å². The predicted molar refractivity (Wildman–Crippen MR) is 70.3 cm³/mol. The van der Waals surface area contributed by atoms with Crippen LogP contribution in [0.15, 0.2) is 29.2 Å². The molecule has 0 saturated carbocycles. The lowest BCUT2D eigenvalue weighted by atomic mass is 10.2. The molecular weight excluding hydrogens is 264 g/mol. The Morgan fingerprint density at radius 1 is 1.21 bits per heavy atom. The number of aromatic nitrogens is 4. The average molecular weight is 280 g/mol. The molecule has 7 heteroatoms. The van der Waals surface area contributed by atoms with Crippen molar-refractivity contribution in [1.29, 1.82) is 0 Å². The van der Waals surface area contributed by atoms with E-state index < -0.39 is 9.84 Å². The molecular formula is C12H16N4O2S. The number of nitrogens with zero attached hydrogens (tertiary/aromatic N) is 4. The summed E-state index contributed by atoms with van der Waals surface area (Å²) in [5, 5.41) is 11.1. The predicted octanol–water partition coefficient (Wildman–Crippen LogP) is 1.54. The van der Waals surface area contributed by atoms with Gasteiger partial charge in [-0.2, -0.15) is 0 Å². The molecule has 2 rings (SSSR count). The highest BCUT2D eigenvalue weighted by Gasteiger charge is 2.19. The number of benzene rings is 1. The molecule has 2 aromatic rings. The topological polar surface area (TPSA) is 77.7 Å². The second-order valence-electron chi connectivity index (χ2n) is 4.75. The molecule has 0 radical (unpaired) electrons. The van der Waals surface area contributed by atoms with Gasteiger partial charge in [0.2, 0.25) is 0 Å². The normalized spacial score (nSPS) is 12.0. The Labute approximate surface area is 112 Å². The van der Waals surface area contributed by atoms with Crippen LogP contribution in [0.1, 0.15) is 31.2 Å². The average Bonchev–Trinajstić information content (AvgIpc) is 2.77. The molecule has 1 heterocycles. The molecule has 0 aliphatic rings. The molecule has 19 heavy (non-hydrogen) atoms. The van der Waals surface area contributed by atoms with Crippen molar-refractivity contribution < 1.29 is 8.42 Å². The van der Waals surface area contributed by atoms with Gasteiger partial charge in [-0.05, 0) is 29.5 Å². The minimum Gasteiger partial charge on any atom is -0.222 e. The van der Waals surface area contributed by atoms with Gasteiger partial charge in [-0.25, -0.2) is 13.1 Å². The molecule has 1 aromatic carbocycles. The zero-order valence-corrected chi connectivity index (χ0v) is 11.9. The van der Waals surface area contributed by atoms with Crippen molar-refractivity contribution in [3.63, 3.8) is 0 Å². The highest BCUT2D eigenvalue weighted by atomic mass is 32.2. The van der Waals surface area contributed by atoms with Gasteiger partial charge in [0.05, 0.1) is 4.90 Å². The van der Waals surface area contributed by atoms with Crippen LogP contribution in [0.2, 0.25) is 0 Å². The van der Waals surface area contributed by atoms with E-state index >= 15 is 0 Å². The largest absolute Gasteiger partial charge is 0.222 e. The second kappa shape index (κ2) is 5.08. The summed E-state index contributed by atoms with van der Waals surface area (Å²) < 4.78 is 25.9. The molecule has 0 atom stereocenters. The minimum atomic E-state index is -3.44. The lowest BCUT2D eigenvalue weighted by molar-refractivity contribution is 0.559. The maximum absolute atomic E-state index is 12.3. The molecule has 0 amide bonds. The van der Waals surface area contributed by atoms with E-state index in [9.17, 15) is 8.42 Å². The first kappa shape index (κ1) is 13.7. The van der Waals surface area contributed by atoms with Crippen molar-refractivity contribution in [1.82, 2.24) is 20.2 Å². The van der Waals surface area contributed by atoms with Crippen LogP contribution >= 0.6 is 0 Å². The van der Waals surface area contributed by atoms with Gasteiger partial charge >= 0.3 is 0 Å². The van der Waals surface area contributed by atoms with E-state index in [2.05, 4.69) is 15.5 Å². The van der Waals surface area contributed by atoms with Crippen molar-refractivity contribution in [3.05, 3.63) is 35.7 Å². The fourth-order valence-corrected chi connectivity index (χ4v) is 2.90. The maximum atomic E-state index is 12.3. The summed E-state index contributed by atoms with van der Waals surface area (Å²) in [7, 11) is -3.44. The van der Waals surface area contributed by atoms with Crippen molar-refractivity contribution in [2.24, 2.45) is 0 Å². The Balaban J connectivity index is 2.31. The monoisotopic (exact) mass is 280 g/mol. The van der Waals surface area contributed by atoms with E-state index in [-0.39, 0.29) is 16.7 Å². The van der Waals surface area contributed by atoms with E-state index in [1.165, 1.54) is 4.68 Å². The quantitative estimate of drug-likeness (QED) is 0.848. The van der Waals surface area contributed by atoms with Gasteiger partial charge in [-0.1, -0.05) is 31.5 Å². The summed E-state index contributed by atoms with van der Waals surface area (Å²) in [6, 6.07) is 6.75. The van der Waals surface area contributed by atoms with Crippen LogP contribution in [0, 0.1) is 6.92 Å². The number of tetrazole rings is 1. The van der Waals surface area contributed by atoms with Gasteiger partial charge in [-0.3, -0.25) is 0 Å². The lowest BCUT2D eigenvalue weighted by Crippen LogP contribution is -2.16. The third-order valence-corrected chi connectivity index (χ3v) is 4.32. The molecule has 0 spiro atoms. The van der Waals surface area contributed by atoms with E-state index in [4.69, 9.17) is 0 Å². The fourth-order valence-electron chi connectivity index (χ4n) is 1.70. The zero-order chi connectivity index (χ0) is 14.0. The Bertz CT molecular complexity index is 659. The minimum absolute atomic E-state index is 0.0724. The van der Waals surface area contributed by atoms with Gasteiger partial charge in [0, 0.05) is 5.92 Å². The van der Waals surface area contributed by atoms with E-state index in [1.54, 1.807) is 24.3 Å². The smallest absolute Gasteiger partial charge is 0.198 e. The summed E-state index contributed by atoms with van der Waals surface area (Å²) in [6.07, 6.45) is 0. The maximum Gasteiger partial charge on any atom is 0.198 e. The van der Waals surface area contributed by atoms with Gasteiger partial charge < -0.3 is 0 Å². The fraction of sp³-hybridized carbons (Fsp3) is 0.417. The first-order valence-corrected chi connectivity index (χ1v) is 7.61. The molecule has 0 N–H and O–H groups in total. The van der Waals surface area contributed by atoms with Crippen LogP contribution in [-0.4, -0.2) is 28.6 Å². The summed E-state index contributed by atoms with van der Waals surface area (Å²) in [5.41, 5.74) is 1.02. The molecule has 0 fully saturated rings. The summed E-state index contributed by atoms with van der Waals surface area (Å²) in [5.74, 6) is 0.398. The number of aryl methyl sites for hydroxylation is 1. The van der Waals surface area contributed by atoms with Crippen LogP contribution in [0.25, 0.3) is 0 Å². The molecule has 0 bridgehead atoms. The number of hydrogen-bond donors (Lipinski definition) is 0. The third-order valence-electron chi connectivity index (χ3n) is 2.75. The standard InChI is InChI=1S/C12H16N4O2S/c1-9(2)12-13-14-15-16(12)8-19(17,18)11-6-4-10(3)5-7-11/h4-7,9H,8H2,1-3H3. The lowest BCUT2D eigenvalue weighted by Gasteiger charge is -2.08. The van der Waals surface area contributed by atoms with Crippen LogP contribution < -0.4 is 0 Å². The molecule has 6 nitrogen and oxygen atoms in total. The van der Waals surface area contributed by atoms with Crippen LogP contribution in [-0.2, 0) is 15.7 Å². The zero-order valence-electron chi connectivity index (χ0n) is 11.1. The number of hydrogen-bond acceptors (Lipinski definition) is 5.